The Bertz CT molecular complexity index is 276. The summed E-state index contributed by atoms with van der Waals surface area (Å²) < 4.78 is 5.13. The quantitative estimate of drug-likeness (QED) is 0.310. The van der Waals surface area contributed by atoms with Gasteiger partial charge in [0.1, 0.15) is 6.10 Å². The van der Waals surface area contributed by atoms with E-state index in [-0.39, 0.29) is 18.0 Å². The molecule has 0 radical (unpaired) electrons. The number of hydrogen-bond donors (Lipinski definition) is 0. The number of allylic oxidation sites excluding steroid dienone is 1. The maximum atomic E-state index is 11.1. The number of ether oxygens (including phenoxy) is 1. The molecule has 0 aromatic carbocycles. The Morgan fingerprint density at radius 3 is 3.17 bits per heavy atom. The topological polar surface area (TPSA) is 26.3 Å². The van der Waals surface area contributed by atoms with Crippen LogP contribution < -0.4 is 0 Å². The first-order chi connectivity index (χ1) is 5.68. The van der Waals surface area contributed by atoms with Crippen LogP contribution in [0.5, 0.6) is 0 Å². The molecule has 2 heteroatoms. The highest BCUT2D eigenvalue weighted by Crippen LogP contribution is 2.36. The van der Waals surface area contributed by atoms with E-state index >= 15 is 0 Å². The Labute approximate surface area is 71.9 Å². The van der Waals surface area contributed by atoms with Gasteiger partial charge in [-0.1, -0.05) is 12.2 Å². The summed E-state index contributed by atoms with van der Waals surface area (Å²) in [6, 6.07) is 0. The monoisotopic (exact) mass is 164 g/mol. The Balaban J connectivity index is 2.27. The van der Waals surface area contributed by atoms with Gasteiger partial charge in [-0.15, -0.1) is 0 Å². The summed E-state index contributed by atoms with van der Waals surface area (Å²) in [5, 5.41) is 0. The predicted molar refractivity (Wildman–Crippen MR) is 45.5 cm³/mol. The lowest BCUT2D eigenvalue weighted by atomic mass is 9.85. The average molecular weight is 164 g/mol. The zero-order valence-electron chi connectivity index (χ0n) is 7.17. The van der Waals surface area contributed by atoms with Crippen molar-refractivity contribution < 1.29 is 9.53 Å². The van der Waals surface area contributed by atoms with Gasteiger partial charge in [0.05, 0.1) is 0 Å². The van der Waals surface area contributed by atoms with Gasteiger partial charge < -0.3 is 4.74 Å². The molecule has 0 unspecified atom stereocenters. The molecule has 0 aromatic rings. The van der Waals surface area contributed by atoms with Gasteiger partial charge in [-0.3, -0.25) is 0 Å². The summed E-state index contributed by atoms with van der Waals surface area (Å²) in [4.78, 5) is 11.1. The fraction of sp³-hybridized carbons (Fsp3) is 0.500. The Kier molecular flexibility index (Phi) is 1.56. The number of carbonyl (C=O) groups is 1. The second-order valence-corrected chi connectivity index (χ2v) is 3.55. The zero-order chi connectivity index (χ0) is 8.72. The van der Waals surface area contributed by atoms with Crippen molar-refractivity contribution in [3.8, 4) is 0 Å². The van der Waals surface area contributed by atoms with Crippen LogP contribution in [0.2, 0.25) is 0 Å². The molecule has 2 aliphatic rings. The summed E-state index contributed by atoms with van der Waals surface area (Å²) >= 11 is 0. The van der Waals surface area contributed by atoms with Gasteiger partial charge in [-0.25, -0.2) is 4.79 Å². The van der Waals surface area contributed by atoms with Gasteiger partial charge in [0, 0.05) is 11.5 Å². The van der Waals surface area contributed by atoms with E-state index in [1.54, 1.807) is 0 Å². The van der Waals surface area contributed by atoms with Crippen molar-refractivity contribution >= 4 is 5.97 Å². The molecule has 2 atom stereocenters. The molecule has 1 heterocycles. The van der Waals surface area contributed by atoms with Gasteiger partial charge in [0.15, 0.2) is 0 Å². The fourth-order valence-electron chi connectivity index (χ4n) is 1.87. The molecular weight excluding hydrogens is 152 g/mol. The van der Waals surface area contributed by atoms with E-state index in [0.29, 0.717) is 5.57 Å². The van der Waals surface area contributed by atoms with E-state index in [9.17, 15) is 4.79 Å². The third kappa shape index (κ3) is 0.986. The number of fused-ring (bicyclic) bond motifs is 1. The smallest absolute Gasteiger partial charge is 0.334 e. The van der Waals surface area contributed by atoms with Gasteiger partial charge >= 0.3 is 5.97 Å². The normalized spacial score (nSPS) is 34.2. The SMILES string of the molecule is C=C1C(=O)O[C@@H]2C=C(C)CC[C@H]12. The maximum Gasteiger partial charge on any atom is 0.334 e. The molecule has 12 heavy (non-hydrogen) atoms. The van der Waals surface area contributed by atoms with Gasteiger partial charge in [-0.2, -0.15) is 0 Å². The van der Waals surface area contributed by atoms with E-state index < -0.39 is 0 Å². The molecule has 0 spiro atoms. The van der Waals surface area contributed by atoms with Crippen LogP contribution in [0.4, 0.5) is 0 Å². The lowest BCUT2D eigenvalue weighted by molar-refractivity contribution is -0.137. The lowest BCUT2D eigenvalue weighted by Crippen LogP contribution is -2.18. The van der Waals surface area contributed by atoms with E-state index in [2.05, 4.69) is 13.5 Å². The molecule has 2 rings (SSSR count). The van der Waals surface area contributed by atoms with Crippen molar-refractivity contribution in [2.75, 3.05) is 0 Å². The Hall–Kier alpha value is -1.05. The molecular formula is C10H12O2. The molecule has 1 fully saturated rings. The summed E-state index contributed by atoms with van der Waals surface area (Å²) in [6.07, 6.45) is 4.11. The Morgan fingerprint density at radius 1 is 1.67 bits per heavy atom. The first-order valence-electron chi connectivity index (χ1n) is 4.25. The fourth-order valence-corrected chi connectivity index (χ4v) is 1.87. The molecule has 0 bridgehead atoms. The third-order valence-corrected chi connectivity index (χ3v) is 2.65. The average Bonchev–Trinajstić information content (AvgIpc) is 2.28. The first-order valence-corrected chi connectivity index (χ1v) is 4.25. The van der Waals surface area contributed by atoms with Gasteiger partial charge in [0.25, 0.3) is 0 Å². The summed E-state index contributed by atoms with van der Waals surface area (Å²) in [7, 11) is 0. The van der Waals surface area contributed by atoms with Gasteiger partial charge in [0.2, 0.25) is 0 Å². The van der Waals surface area contributed by atoms with Crippen LogP contribution in [0, 0.1) is 5.92 Å². The standard InChI is InChI=1S/C10H12O2/c1-6-3-4-8-7(2)10(11)12-9(8)5-6/h5,8-9H,2-4H2,1H3/t8-,9-/m1/s1. The van der Waals surface area contributed by atoms with Crippen LogP contribution >= 0.6 is 0 Å². The minimum absolute atomic E-state index is 0.0150. The highest BCUT2D eigenvalue weighted by molar-refractivity contribution is 5.91. The maximum absolute atomic E-state index is 11.1. The van der Waals surface area contributed by atoms with Gasteiger partial charge in [-0.05, 0) is 25.8 Å². The Morgan fingerprint density at radius 2 is 2.42 bits per heavy atom. The zero-order valence-corrected chi connectivity index (χ0v) is 7.17. The minimum atomic E-state index is -0.212. The second kappa shape index (κ2) is 2.47. The predicted octanol–water partition coefficient (Wildman–Crippen LogP) is 1.82. The number of hydrogen-bond acceptors (Lipinski definition) is 2. The molecule has 1 aliphatic carbocycles. The minimum Gasteiger partial charge on any atom is -0.454 e. The van der Waals surface area contributed by atoms with Crippen LogP contribution in [0.25, 0.3) is 0 Å². The molecule has 0 saturated carbocycles. The van der Waals surface area contributed by atoms with Crippen molar-refractivity contribution in [3.05, 3.63) is 23.8 Å². The van der Waals surface area contributed by atoms with Crippen LogP contribution in [0.3, 0.4) is 0 Å². The van der Waals surface area contributed by atoms with Crippen molar-refractivity contribution in [3.63, 3.8) is 0 Å². The summed E-state index contributed by atoms with van der Waals surface area (Å²) in [6.45, 7) is 5.82. The van der Waals surface area contributed by atoms with Crippen molar-refractivity contribution in [2.24, 2.45) is 5.92 Å². The summed E-state index contributed by atoms with van der Waals surface area (Å²) in [5.41, 5.74) is 1.97. The number of rotatable bonds is 0. The number of carbonyl (C=O) groups excluding carboxylic acids is 1. The van der Waals surface area contributed by atoms with Crippen molar-refractivity contribution in [1.29, 1.82) is 0 Å². The van der Waals surface area contributed by atoms with Crippen molar-refractivity contribution in [2.45, 2.75) is 25.9 Å². The second-order valence-electron chi connectivity index (χ2n) is 3.55. The van der Waals surface area contributed by atoms with E-state index in [1.807, 2.05) is 6.08 Å². The summed E-state index contributed by atoms with van der Waals surface area (Å²) in [5.74, 6) is 0.0390. The highest BCUT2D eigenvalue weighted by atomic mass is 16.5. The number of esters is 1. The molecule has 0 N–H and O–H groups in total. The molecule has 0 aromatic heterocycles. The van der Waals surface area contributed by atoms with Crippen LogP contribution in [-0.4, -0.2) is 12.1 Å². The van der Waals surface area contributed by atoms with Crippen LogP contribution in [0.1, 0.15) is 19.8 Å². The van der Waals surface area contributed by atoms with E-state index in [0.717, 1.165) is 12.8 Å². The van der Waals surface area contributed by atoms with Crippen molar-refractivity contribution in [1.82, 2.24) is 0 Å². The van der Waals surface area contributed by atoms with Crippen LogP contribution in [-0.2, 0) is 9.53 Å². The highest BCUT2D eigenvalue weighted by Gasteiger charge is 2.38. The molecule has 0 amide bonds. The van der Waals surface area contributed by atoms with E-state index in [4.69, 9.17) is 4.74 Å². The third-order valence-electron chi connectivity index (χ3n) is 2.65. The first kappa shape index (κ1) is 7.59. The molecule has 64 valence electrons. The van der Waals surface area contributed by atoms with E-state index in [1.165, 1.54) is 5.57 Å². The lowest BCUT2D eigenvalue weighted by Gasteiger charge is -2.20. The molecule has 2 nitrogen and oxygen atoms in total. The molecule has 1 aliphatic heterocycles. The van der Waals surface area contributed by atoms with Crippen LogP contribution in [0.15, 0.2) is 23.8 Å². The molecule has 1 saturated heterocycles. The largest absolute Gasteiger partial charge is 0.454 e.